The summed E-state index contributed by atoms with van der Waals surface area (Å²) in [6.07, 6.45) is 1.14. The predicted molar refractivity (Wildman–Crippen MR) is 103 cm³/mol. The van der Waals surface area contributed by atoms with Gasteiger partial charge in [-0.05, 0) is 37.2 Å². The SMILES string of the molecule is COc1cccc2c1CN(CCCN(C)Cc1ccccc1)C2CN. The molecule has 0 saturated carbocycles. The standard InChI is InChI=1S/C21H29N3O/c1-23(15-17-8-4-3-5-9-17)12-7-13-24-16-19-18(20(24)14-22)10-6-11-21(19)25-2/h3-6,8-11,20H,7,12-16,22H2,1-2H3. The van der Waals surface area contributed by atoms with Crippen molar-refractivity contribution in [2.45, 2.75) is 25.6 Å². The molecule has 2 N–H and O–H groups in total. The molecule has 1 unspecified atom stereocenters. The van der Waals surface area contributed by atoms with Crippen LogP contribution in [0.25, 0.3) is 0 Å². The molecule has 2 aromatic rings. The molecular formula is C21H29N3O. The van der Waals surface area contributed by atoms with Crippen LogP contribution in [0.2, 0.25) is 0 Å². The van der Waals surface area contributed by atoms with Crippen molar-refractivity contribution in [2.24, 2.45) is 5.73 Å². The summed E-state index contributed by atoms with van der Waals surface area (Å²) in [6.45, 7) is 4.72. The minimum atomic E-state index is 0.310. The Bertz CT molecular complexity index is 674. The Labute approximate surface area is 151 Å². The number of nitrogens with zero attached hydrogens (tertiary/aromatic N) is 2. The van der Waals surface area contributed by atoms with Crippen LogP contribution in [0.15, 0.2) is 48.5 Å². The molecule has 0 saturated heterocycles. The fourth-order valence-corrected chi connectivity index (χ4v) is 3.79. The van der Waals surface area contributed by atoms with Gasteiger partial charge in [0.1, 0.15) is 5.75 Å². The van der Waals surface area contributed by atoms with Crippen LogP contribution >= 0.6 is 0 Å². The molecule has 0 amide bonds. The molecule has 3 rings (SSSR count). The first-order valence-electron chi connectivity index (χ1n) is 9.05. The highest BCUT2D eigenvalue weighted by Crippen LogP contribution is 2.37. The van der Waals surface area contributed by atoms with Gasteiger partial charge in [0.05, 0.1) is 7.11 Å². The Morgan fingerprint density at radius 1 is 1.16 bits per heavy atom. The van der Waals surface area contributed by atoms with Gasteiger partial charge < -0.3 is 15.4 Å². The second-order valence-electron chi connectivity index (χ2n) is 6.83. The van der Waals surface area contributed by atoms with Gasteiger partial charge >= 0.3 is 0 Å². The van der Waals surface area contributed by atoms with Gasteiger partial charge in [-0.2, -0.15) is 0 Å². The molecule has 0 fully saturated rings. The van der Waals surface area contributed by atoms with Crippen LogP contribution in [0, 0.1) is 0 Å². The minimum absolute atomic E-state index is 0.310. The van der Waals surface area contributed by atoms with Crippen molar-refractivity contribution < 1.29 is 4.74 Å². The number of hydrogen-bond acceptors (Lipinski definition) is 4. The summed E-state index contributed by atoms with van der Waals surface area (Å²) >= 11 is 0. The highest BCUT2D eigenvalue weighted by molar-refractivity contribution is 5.44. The molecule has 4 nitrogen and oxygen atoms in total. The Hall–Kier alpha value is -1.88. The van der Waals surface area contributed by atoms with E-state index in [0.717, 1.165) is 38.3 Å². The molecule has 0 aliphatic carbocycles. The van der Waals surface area contributed by atoms with Gasteiger partial charge in [-0.1, -0.05) is 42.5 Å². The third kappa shape index (κ3) is 4.21. The summed E-state index contributed by atoms with van der Waals surface area (Å²) in [7, 11) is 3.93. The highest BCUT2D eigenvalue weighted by Gasteiger charge is 2.30. The zero-order chi connectivity index (χ0) is 17.6. The number of rotatable bonds is 8. The first kappa shape index (κ1) is 17.9. The Morgan fingerprint density at radius 3 is 2.68 bits per heavy atom. The first-order valence-corrected chi connectivity index (χ1v) is 9.05. The zero-order valence-electron chi connectivity index (χ0n) is 15.3. The lowest BCUT2D eigenvalue weighted by Crippen LogP contribution is -2.31. The molecular weight excluding hydrogens is 310 g/mol. The van der Waals surface area contributed by atoms with E-state index >= 15 is 0 Å². The van der Waals surface area contributed by atoms with Gasteiger partial charge in [-0.25, -0.2) is 0 Å². The van der Waals surface area contributed by atoms with Gasteiger partial charge in [-0.15, -0.1) is 0 Å². The van der Waals surface area contributed by atoms with E-state index in [4.69, 9.17) is 10.5 Å². The van der Waals surface area contributed by atoms with Crippen LogP contribution in [-0.2, 0) is 13.1 Å². The Morgan fingerprint density at radius 2 is 1.96 bits per heavy atom. The van der Waals surface area contributed by atoms with Gasteiger partial charge in [-0.3, -0.25) is 4.90 Å². The molecule has 1 aliphatic rings. The van der Waals surface area contributed by atoms with Crippen molar-refractivity contribution in [3.8, 4) is 5.75 Å². The fraction of sp³-hybridized carbons (Fsp3) is 0.429. The Balaban J connectivity index is 1.53. The lowest BCUT2D eigenvalue weighted by Gasteiger charge is -2.25. The molecule has 1 aliphatic heterocycles. The number of fused-ring (bicyclic) bond motifs is 1. The second-order valence-corrected chi connectivity index (χ2v) is 6.83. The van der Waals surface area contributed by atoms with E-state index in [0.29, 0.717) is 12.6 Å². The molecule has 0 bridgehead atoms. The quantitative estimate of drug-likeness (QED) is 0.803. The number of hydrogen-bond donors (Lipinski definition) is 1. The van der Waals surface area contributed by atoms with E-state index in [1.165, 1.54) is 16.7 Å². The smallest absolute Gasteiger partial charge is 0.123 e. The summed E-state index contributed by atoms with van der Waals surface area (Å²) in [6, 6.07) is 17.3. The maximum Gasteiger partial charge on any atom is 0.123 e. The molecule has 2 aromatic carbocycles. The van der Waals surface area contributed by atoms with E-state index < -0.39 is 0 Å². The van der Waals surface area contributed by atoms with Crippen molar-refractivity contribution in [3.05, 3.63) is 65.2 Å². The van der Waals surface area contributed by atoms with Crippen LogP contribution in [0.4, 0.5) is 0 Å². The average Bonchev–Trinajstić information content (AvgIpc) is 3.00. The van der Waals surface area contributed by atoms with E-state index in [1.54, 1.807) is 7.11 Å². The van der Waals surface area contributed by atoms with Gasteiger partial charge in [0.15, 0.2) is 0 Å². The highest BCUT2D eigenvalue weighted by atomic mass is 16.5. The molecule has 134 valence electrons. The van der Waals surface area contributed by atoms with E-state index in [-0.39, 0.29) is 0 Å². The second kappa shape index (κ2) is 8.48. The number of methoxy groups -OCH3 is 1. The molecule has 4 heteroatoms. The monoisotopic (exact) mass is 339 g/mol. The molecule has 1 atom stereocenters. The minimum Gasteiger partial charge on any atom is -0.496 e. The van der Waals surface area contributed by atoms with Gasteiger partial charge in [0.25, 0.3) is 0 Å². The molecule has 0 radical (unpaired) electrons. The first-order chi connectivity index (χ1) is 12.2. The molecule has 1 heterocycles. The number of ether oxygens (including phenoxy) is 1. The maximum absolute atomic E-state index is 6.07. The van der Waals surface area contributed by atoms with E-state index in [2.05, 4.69) is 59.3 Å². The van der Waals surface area contributed by atoms with E-state index in [1.807, 2.05) is 6.07 Å². The normalized spacial score (nSPS) is 17.0. The molecule has 0 spiro atoms. The third-order valence-electron chi connectivity index (χ3n) is 5.05. The predicted octanol–water partition coefficient (Wildman–Crippen LogP) is 3.03. The van der Waals surface area contributed by atoms with Crippen LogP contribution in [0.5, 0.6) is 5.75 Å². The van der Waals surface area contributed by atoms with Crippen LogP contribution < -0.4 is 10.5 Å². The largest absolute Gasteiger partial charge is 0.496 e. The van der Waals surface area contributed by atoms with Crippen molar-refractivity contribution in [1.82, 2.24) is 9.80 Å². The number of benzene rings is 2. The van der Waals surface area contributed by atoms with Gasteiger partial charge in [0, 0.05) is 37.8 Å². The number of nitrogens with two attached hydrogens (primary N) is 1. The van der Waals surface area contributed by atoms with Crippen LogP contribution in [0.3, 0.4) is 0 Å². The third-order valence-corrected chi connectivity index (χ3v) is 5.05. The summed E-state index contributed by atoms with van der Waals surface area (Å²) in [5.74, 6) is 0.986. The van der Waals surface area contributed by atoms with Crippen LogP contribution in [0.1, 0.15) is 29.2 Å². The lowest BCUT2D eigenvalue weighted by atomic mass is 10.0. The van der Waals surface area contributed by atoms with Crippen molar-refractivity contribution in [2.75, 3.05) is 33.8 Å². The van der Waals surface area contributed by atoms with E-state index in [9.17, 15) is 0 Å². The molecule has 0 aromatic heterocycles. The van der Waals surface area contributed by atoms with Gasteiger partial charge in [0.2, 0.25) is 0 Å². The summed E-state index contributed by atoms with van der Waals surface area (Å²) in [5.41, 5.74) is 10.1. The van der Waals surface area contributed by atoms with Crippen molar-refractivity contribution >= 4 is 0 Å². The lowest BCUT2D eigenvalue weighted by molar-refractivity contribution is 0.201. The maximum atomic E-state index is 6.07. The van der Waals surface area contributed by atoms with Crippen molar-refractivity contribution in [1.29, 1.82) is 0 Å². The fourth-order valence-electron chi connectivity index (χ4n) is 3.79. The molecule has 25 heavy (non-hydrogen) atoms. The summed E-state index contributed by atoms with van der Waals surface area (Å²) < 4.78 is 5.53. The zero-order valence-corrected chi connectivity index (χ0v) is 15.3. The Kier molecular flexibility index (Phi) is 6.08. The van der Waals surface area contributed by atoms with Crippen LogP contribution in [-0.4, -0.2) is 43.6 Å². The average molecular weight is 339 g/mol. The summed E-state index contributed by atoms with van der Waals surface area (Å²) in [4.78, 5) is 4.88. The van der Waals surface area contributed by atoms with Crippen molar-refractivity contribution in [3.63, 3.8) is 0 Å². The topological polar surface area (TPSA) is 41.7 Å². The summed E-state index contributed by atoms with van der Waals surface area (Å²) in [5, 5.41) is 0.